The zero-order valence-electron chi connectivity index (χ0n) is 11.7. The van der Waals surface area contributed by atoms with Gasteiger partial charge in [0, 0.05) is 20.6 Å². The number of rotatable bonds is 4. The number of ether oxygens (including phenoxy) is 2. The average molecular weight is 240 g/mol. The summed E-state index contributed by atoms with van der Waals surface area (Å²) in [5, 5.41) is 0. The molecule has 0 N–H and O–H groups in total. The molecule has 2 aliphatic carbocycles. The molecule has 0 aliphatic heterocycles. The van der Waals surface area contributed by atoms with Crippen LogP contribution >= 0.6 is 0 Å². The molecule has 17 heavy (non-hydrogen) atoms. The Morgan fingerprint density at radius 1 is 0.941 bits per heavy atom. The maximum absolute atomic E-state index is 5.55. The Hall–Kier alpha value is -0.0800. The molecule has 2 fully saturated rings. The normalized spacial score (nSPS) is 34.4. The van der Waals surface area contributed by atoms with Crippen LogP contribution in [0.2, 0.25) is 0 Å². The molecule has 0 amide bonds. The fourth-order valence-corrected chi connectivity index (χ4v) is 4.05. The maximum atomic E-state index is 5.55. The Morgan fingerprint density at radius 3 is 2.29 bits per heavy atom. The third-order valence-corrected chi connectivity index (χ3v) is 5.22. The second-order valence-corrected chi connectivity index (χ2v) is 6.15. The third kappa shape index (κ3) is 3.03. The highest BCUT2D eigenvalue weighted by atomic mass is 16.7. The van der Waals surface area contributed by atoms with Gasteiger partial charge in [-0.15, -0.1) is 0 Å². The minimum atomic E-state index is -0.371. The van der Waals surface area contributed by atoms with Crippen molar-refractivity contribution in [3.8, 4) is 0 Å². The van der Waals surface area contributed by atoms with Crippen molar-refractivity contribution in [1.29, 1.82) is 0 Å². The third-order valence-electron chi connectivity index (χ3n) is 5.22. The van der Waals surface area contributed by atoms with E-state index < -0.39 is 0 Å². The topological polar surface area (TPSA) is 18.5 Å². The molecule has 3 atom stereocenters. The van der Waals surface area contributed by atoms with Crippen LogP contribution < -0.4 is 0 Å². The zero-order valence-corrected chi connectivity index (χ0v) is 11.7. The van der Waals surface area contributed by atoms with Crippen LogP contribution in [0.1, 0.15) is 58.3 Å². The van der Waals surface area contributed by atoms with Crippen molar-refractivity contribution in [2.75, 3.05) is 14.2 Å². The molecule has 2 saturated carbocycles. The van der Waals surface area contributed by atoms with Gasteiger partial charge in [-0.2, -0.15) is 0 Å². The SMILES string of the molecule is COC(C)(CC1CCCC2CCCCC21)OC. The van der Waals surface area contributed by atoms with Crippen LogP contribution in [0.3, 0.4) is 0 Å². The van der Waals surface area contributed by atoms with Crippen LogP contribution in [0.5, 0.6) is 0 Å². The van der Waals surface area contributed by atoms with Crippen LogP contribution in [0, 0.1) is 17.8 Å². The van der Waals surface area contributed by atoms with Crippen molar-refractivity contribution >= 4 is 0 Å². The van der Waals surface area contributed by atoms with Gasteiger partial charge in [-0.3, -0.25) is 0 Å². The lowest BCUT2D eigenvalue weighted by molar-refractivity contribution is -0.209. The van der Waals surface area contributed by atoms with E-state index in [9.17, 15) is 0 Å². The van der Waals surface area contributed by atoms with E-state index in [-0.39, 0.29) is 5.79 Å². The van der Waals surface area contributed by atoms with Gasteiger partial charge in [0.05, 0.1) is 0 Å². The first-order valence-electron chi connectivity index (χ1n) is 7.29. The van der Waals surface area contributed by atoms with Gasteiger partial charge in [-0.25, -0.2) is 0 Å². The van der Waals surface area contributed by atoms with Crippen molar-refractivity contribution in [2.24, 2.45) is 17.8 Å². The summed E-state index contributed by atoms with van der Waals surface area (Å²) in [5.74, 6) is 2.39. The molecule has 2 rings (SSSR count). The number of fused-ring (bicyclic) bond motifs is 1. The van der Waals surface area contributed by atoms with Gasteiger partial charge in [-0.05, 0) is 37.5 Å². The van der Waals surface area contributed by atoms with Gasteiger partial charge in [0.1, 0.15) is 0 Å². The molecule has 0 aromatic heterocycles. The average Bonchev–Trinajstić information content (AvgIpc) is 2.39. The van der Waals surface area contributed by atoms with Crippen LogP contribution in [0.25, 0.3) is 0 Å². The molecule has 100 valence electrons. The van der Waals surface area contributed by atoms with E-state index >= 15 is 0 Å². The van der Waals surface area contributed by atoms with Crippen molar-refractivity contribution < 1.29 is 9.47 Å². The van der Waals surface area contributed by atoms with E-state index in [4.69, 9.17) is 9.47 Å². The quantitative estimate of drug-likeness (QED) is 0.692. The molecular weight excluding hydrogens is 212 g/mol. The Balaban J connectivity index is 1.98. The molecule has 0 aromatic rings. The number of methoxy groups -OCH3 is 2. The standard InChI is InChI=1S/C15H28O2/c1-15(16-2,17-3)11-13-9-6-8-12-7-4-5-10-14(12)13/h12-14H,4-11H2,1-3H3. The zero-order chi connectivity index (χ0) is 12.3. The predicted octanol–water partition coefficient (Wildman–Crippen LogP) is 3.99. The van der Waals surface area contributed by atoms with Crippen molar-refractivity contribution in [3.05, 3.63) is 0 Å². The molecule has 0 spiro atoms. The highest BCUT2D eigenvalue weighted by Crippen LogP contribution is 2.46. The van der Waals surface area contributed by atoms with Crippen LogP contribution in [0.15, 0.2) is 0 Å². The van der Waals surface area contributed by atoms with E-state index in [1.54, 1.807) is 14.2 Å². The van der Waals surface area contributed by atoms with E-state index in [1.807, 2.05) is 0 Å². The summed E-state index contributed by atoms with van der Waals surface area (Å²) in [6, 6.07) is 0. The Morgan fingerprint density at radius 2 is 1.59 bits per heavy atom. The summed E-state index contributed by atoms with van der Waals surface area (Å²) in [7, 11) is 3.54. The minimum absolute atomic E-state index is 0.371. The van der Waals surface area contributed by atoms with Gasteiger partial charge in [0.15, 0.2) is 5.79 Å². The van der Waals surface area contributed by atoms with Crippen molar-refractivity contribution in [1.82, 2.24) is 0 Å². The number of hydrogen-bond donors (Lipinski definition) is 0. The summed E-state index contributed by atoms with van der Waals surface area (Å²) in [5.41, 5.74) is 0. The predicted molar refractivity (Wildman–Crippen MR) is 69.8 cm³/mol. The summed E-state index contributed by atoms with van der Waals surface area (Å²) in [6.45, 7) is 2.08. The van der Waals surface area contributed by atoms with Crippen molar-refractivity contribution in [3.63, 3.8) is 0 Å². The summed E-state index contributed by atoms with van der Waals surface area (Å²) >= 11 is 0. The van der Waals surface area contributed by atoms with Gasteiger partial charge in [-0.1, -0.05) is 32.1 Å². The first-order chi connectivity index (χ1) is 8.18. The smallest absolute Gasteiger partial charge is 0.165 e. The lowest BCUT2D eigenvalue weighted by Gasteiger charge is -2.44. The second-order valence-electron chi connectivity index (χ2n) is 6.15. The monoisotopic (exact) mass is 240 g/mol. The molecule has 3 unspecified atom stereocenters. The highest BCUT2D eigenvalue weighted by molar-refractivity contribution is 4.87. The summed E-state index contributed by atoms with van der Waals surface area (Å²) < 4.78 is 11.1. The van der Waals surface area contributed by atoms with Gasteiger partial charge in [0.25, 0.3) is 0 Å². The van der Waals surface area contributed by atoms with Gasteiger partial charge < -0.3 is 9.47 Å². The summed E-state index contributed by atoms with van der Waals surface area (Å²) in [6.07, 6.45) is 11.1. The summed E-state index contributed by atoms with van der Waals surface area (Å²) in [4.78, 5) is 0. The van der Waals surface area contributed by atoms with Crippen LogP contribution in [0.4, 0.5) is 0 Å². The maximum Gasteiger partial charge on any atom is 0.165 e. The van der Waals surface area contributed by atoms with Gasteiger partial charge >= 0.3 is 0 Å². The second kappa shape index (κ2) is 5.71. The molecule has 2 aliphatic rings. The fourth-order valence-electron chi connectivity index (χ4n) is 4.05. The largest absolute Gasteiger partial charge is 0.353 e. The molecule has 0 aromatic carbocycles. The minimum Gasteiger partial charge on any atom is -0.353 e. The Bertz CT molecular complexity index is 233. The first kappa shape index (κ1) is 13.4. The number of hydrogen-bond acceptors (Lipinski definition) is 2. The van der Waals surface area contributed by atoms with E-state index in [1.165, 1.54) is 44.9 Å². The van der Waals surface area contributed by atoms with E-state index in [0.29, 0.717) is 0 Å². The molecule has 0 bridgehead atoms. The van der Waals surface area contributed by atoms with Crippen LogP contribution in [-0.2, 0) is 9.47 Å². The molecule has 0 saturated heterocycles. The van der Waals surface area contributed by atoms with Crippen LogP contribution in [-0.4, -0.2) is 20.0 Å². The van der Waals surface area contributed by atoms with E-state index in [0.717, 1.165) is 24.2 Å². The van der Waals surface area contributed by atoms with Gasteiger partial charge in [0.2, 0.25) is 0 Å². The van der Waals surface area contributed by atoms with Crippen molar-refractivity contribution in [2.45, 2.75) is 64.1 Å². The molecule has 2 nitrogen and oxygen atoms in total. The lowest BCUT2D eigenvalue weighted by atomic mass is 9.64. The Labute approximate surface area is 106 Å². The molecule has 2 heteroatoms. The highest BCUT2D eigenvalue weighted by Gasteiger charge is 2.38. The molecular formula is C15H28O2. The Kier molecular flexibility index (Phi) is 4.48. The molecule has 0 radical (unpaired) electrons. The molecule has 0 heterocycles. The fraction of sp³-hybridized carbons (Fsp3) is 1.00. The first-order valence-corrected chi connectivity index (χ1v) is 7.29. The van der Waals surface area contributed by atoms with E-state index in [2.05, 4.69) is 6.92 Å². The lowest BCUT2D eigenvalue weighted by Crippen LogP contribution is -2.39.